The molecular formula is C13H10ClNO6. The number of nitro benzene ring substituents is 1. The number of hydrogen-bond donors (Lipinski definition) is 1. The Labute approximate surface area is 123 Å². The summed E-state index contributed by atoms with van der Waals surface area (Å²) in [5, 5.41) is 19.5. The molecule has 0 fully saturated rings. The van der Waals surface area contributed by atoms with E-state index in [9.17, 15) is 14.9 Å². The van der Waals surface area contributed by atoms with Crippen LogP contribution in [0.2, 0.25) is 5.02 Å². The predicted molar refractivity (Wildman–Crippen MR) is 72.8 cm³/mol. The van der Waals surface area contributed by atoms with Crippen LogP contribution in [0.4, 0.5) is 5.69 Å². The maximum absolute atomic E-state index is 10.8. The molecule has 0 aliphatic heterocycles. The van der Waals surface area contributed by atoms with E-state index in [0.717, 1.165) is 0 Å². The molecule has 0 saturated heterocycles. The van der Waals surface area contributed by atoms with Crippen molar-refractivity contribution in [1.82, 2.24) is 0 Å². The number of rotatable bonds is 5. The molecule has 0 unspecified atom stereocenters. The second-order valence-corrected chi connectivity index (χ2v) is 4.60. The summed E-state index contributed by atoms with van der Waals surface area (Å²) in [5.41, 5.74) is 0.272. The predicted octanol–water partition coefficient (Wildman–Crippen LogP) is 3.43. The molecule has 0 aliphatic rings. The lowest BCUT2D eigenvalue weighted by Gasteiger charge is -2.04. The van der Waals surface area contributed by atoms with Crippen molar-refractivity contribution in [3.63, 3.8) is 0 Å². The Hall–Kier alpha value is -2.54. The van der Waals surface area contributed by atoms with Crippen LogP contribution in [0, 0.1) is 17.0 Å². The van der Waals surface area contributed by atoms with Gasteiger partial charge in [0.1, 0.15) is 23.1 Å². The van der Waals surface area contributed by atoms with Gasteiger partial charge in [0, 0.05) is 17.7 Å². The van der Waals surface area contributed by atoms with Crippen LogP contribution < -0.4 is 4.74 Å². The molecule has 0 aliphatic carbocycles. The molecule has 0 amide bonds. The molecule has 110 valence electrons. The minimum absolute atomic E-state index is 0.0116. The maximum Gasteiger partial charge on any atom is 0.372 e. The first kappa shape index (κ1) is 14.9. The van der Waals surface area contributed by atoms with Gasteiger partial charge in [0.25, 0.3) is 5.69 Å². The number of carboxylic acids is 1. The van der Waals surface area contributed by atoms with E-state index in [0.29, 0.717) is 17.1 Å². The van der Waals surface area contributed by atoms with Crippen molar-refractivity contribution in [3.8, 4) is 5.75 Å². The van der Waals surface area contributed by atoms with Gasteiger partial charge in [0.2, 0.25) is 5.76 Å². The molecule has 2 aromatic rings. The van der Waals surface area contributed by atoms with Gasteiger partial charge in [-0.15, -0.1) is 0 Å². The van der Waals surface area contributed by atoms with Crippen LogP contribution in [-0.4, -0.2) is 16.0 Å². The molecular weight excluding hydrogens is 302 g/mol. The number of nitrogens with zero attached hydrogens (tertiary/aromatic N) is 1. The van der Waals surface area contributed by atoms with Crippen LogP contribution in [0.25, 0.3) is 0 Å². The maximum atomic E-state index is 10.8. The van der Waals surface area contributed by atoms with Crippen LogP contribution in [0.5, 0.6) is 5.75 Å². The summed E-state index contributed by atoms with van der Waals surface area (Å²) >= 11 is 5.75. The number of nitro groups is 1. The fraction of sp³-hybridized carbons (Fsp3) is 0.154. The molecule has 1 aromatic heterocycles. The van der Waals surface area contributed by atoms with Gasteiger partial charge in [-0.25, -0.2) is 4.79 Å². The molecule has 8 heteroatoms. The number of ether oxygens (including phenoxy) is 1. The Morgan fingerprint density at radius 2 is 2.19 bits per heavy atom. The molecule has 21 heavy (non-hydrogen) atoms. The quantitative estimate of drug-likeness (QED) is 0.670. The third-order valence-corrected chi connectivity index (χ3v) is 2.96. The Morgan fingerprint density at radius 3 is 2.71 bits per heavy atom. The zero-order valence-corrected chi connectivity index (χ0v) is 11.6. The fourth-order valence-electron chi connectivity index (χ4n) is 1.71. The second-order valence-electron chi connectivity index (χ2n) is 4.19. The Bertz CT molecular complexity index is 709. The van der Waals surface area contributed by atoms with E-state index in [4.69, 9.17) is 25.9 Å². The number of aryl methyl sites for hydroxylation is 1. The van der Waals surface area contributed by atoms with Crippen molar-refractivity contribution in [2.75, 3.05) is 0 Å². The highest BCUT2D eigenvalue weighted by Gasteiger charge is 2.16. The molecule has 0 atom stereocenters. The van der Waals surface area contributed by atoms with E-state index in [1.54, 1.807) is 13.0 Å². The van der Waals surface area contributed by atoms with Gasteiger partial charge in [0.15, 0.2) is 0 Å². The standard InChI is InChI=1S/C13H10ClNO6/c1-7-4-9(21-12(7)13(16)17)6-20-8-2-3-11(15(18)19)10(14)5-8/h2-5H,6H2,1H3,(H,16,17). The van der Waals surface area contributed by atoms with E-state index in [1.807, 2.05) is 0 Å². The van der Waals surface area contributed by atoms with Crippen molar-refractivity contribution < 1.29 is 24.0 Å². The molecule has 0 bridgehead atoms. The van der Waals surface area contributed by atoms with Gasteiger partial charge in [-0.1, -0.05) is 11.6 Å². The molecule has 0 spiro atoms. The van der Waals surface area contributed by atoms with Crippen molar-refractivity contribution in [2.45, 2.75) is 13.5 Å². The highest BCUT2D eigenvalue weighted by atomic mass is 35.5. The minimum atomic E-state index is -1.16. The zero-order valence-electron chi connectivity index (χ0n) is 10.8. The first-order valence-corrected chi connectivity index (χ1v) is 6.15. The lowest BCUT2D eigenvalue weighted by Crippen LogP contribution is -1.96. The first-order chi connectivity index (χ1) is 9.88. The van der Waals surface area contributed by atoms with Crippen molar-refractivity contribution in [1.29, 1.82) is 0 Å². The average molecular weight is 312 g/mol. The summed E-state index contributed by atoms with van der Waals surface area (Å²) in [6.07, 6.45) is 0. The number of carboxylic acid groups (broad SMARTS) is 1. The SMILES string of the molecule is Cc1cc(COc2ccc([N+](=O)[O-])c(Cl)c2)oc1C(=O)O. The van der Waals surface area contributed by atoms with E-state index >= 15 is 0 Å². The fourth-order valence-corrected chi connectivity index (χ4v) is 1.95. The van der Waals surface area contributed by atoms with Gasteiger partial charge < -0.3 is 14.3 Å². The number of aromatic carboxylic acids is 1. The smallest absolute Gasteiger partial charge is 0.372 e. The summed E-state index contributed by atoms with van der Waals surface area (Å²) in [7, 11) is 0. The van der Waals surface area contributed by atoms with Gasteiger partial charge in [-0.2, -0.15) is 0 Å². The summed E-state index contributed by atoms with van der Waals surface area (Å²) in [6.45, 7) is 1.60. The van der Waals surface area contributed by atoms with E-state index in [1.165, 1.54) is 18.2 Å². The summed E-state index contributed by atoms with van der Waals surface area (Å²) in [5.74, 6) is -0.650. The summed E-state index contributed by atoms with van der Waals surface area (Å²) in [4.78, 5) is 20.9. The van der Waals surface area contributed by atoms with Crippen LogP contribution in [-0.2, 0) is 6.61 Å². The summed E-state index contributed by atoms with van der Waals surface area (Å²) in [6, 6.07) is 5.50. The van der Waals surface area contributed by atoms with Crippen LogP contribution in [0.15, 0.2) is 28.7 Å². The Balaban J connectivity index is 2.10. The molecule has 0 saturated carbocycles. The number of furan rings is 1. The van der Waals surface area contributed by atoms with E-state index in [-0.39, 0.29) is 23.1 Å². The van der Waals surface area contributed by atoms with Gasteiger partial charge in [0.05, 0.1) is 4.92 Å². The Morgan fingerprint density at radius 1 is 1.48 bits per heavy atom. The van der Waals surface area contributed by atoms with Crippen LogP contribution >= 0.6 is 11.6 Å². The summed E-state index contributed by atoms with van der Waals surface area (Å²) < 4.78 is 10.5. The van der Waals surface area contributed by atoms with Crippen molar-refractivity contribution in [3.05, 3.63) is 56.5 Å². The number of halogens is 1. The molecule has 1 aromatic carbocycles. The largest absolute Gasteiger partial charge is 0.486 e. The van der Waals surface area contributed by atoms with E-state index in [2.05, 4.69) is 0 Å². The lowest BCUT2D eigenvalue weighted by atomic mass is 10.2. The van der Waals surface area contributed by atoms with Gasteiger partial charge in [-0.3, -0.25) is 10.1 Å². The van der Waals surface area contributed by atoms with Crippen molar-refractivity contribution >= 4 is 23.3 Å². The van der Waals surface area contributed by atoms with Gasteiger partial charge >= 0.3 is 5.97 Å². The number of benzene rings is 1. The molecule has 1 heterocycles. The van der Waals surface area contributed by atoms with Crippen LogP contribution in [0.3, 0.4) is 0 Å². The third kappa shape index (κ3) is 3.32. The first-order valence-electron chi connectivity index (χ1n) is 5.78. The lowest BCUT2D eigenvalue weighted by molar-refractivity contribution is -0.384. The highest BCUT2D eigenvalue weighted by molar-refractivity contribution is 6.32. The van der Waals surface area contributed by atoms with Crippen molar-refractivity contribution in [2.24, 2.45) is 0 Å². The van der Waals surface area contributed by atoms with E-state index < -0.39 is 10.9 Å². The Kier molecular flexibility index (Phi) is 4.13. The molecule has 1 N–H and O–H groups in total. The minimum Gasteiger partial charge on any atom is -0.486 e. The number of hydrogen-bond acceptors (Lipinski definition) is 5. The highest BCUT2D eigenvalue weighted by Crippen LogP contribution is 2.29. The van der Waals surface area contributed by atoms with Crippen LogP contribution in [0.1, 0.15) is 21.9 Å². The molecule has 0 radical (unpaired) electrons. The zero-order chi connectivity index (χ0) is 15.6. The average Bonchev–Trinajstić information content (AvgIpc) is 2.77. The normalized spacial score (nSPS) is 10.4. The molecule has 7 nitrogen and oxygen atoms in total. The topological polar surface area (TPSA) is 103 Å². The monoisotopic (exact) mass is 311 g/mol. The van der Waals surface area contributed by atoms with Gasteiger partial charge in [-0.05, 0) is 19.1 Å². The molecule has 2 rings (SSSR count). The number of carbonyl (C=O) groups is 1. The third-order valence-electron chi connectivity index (χ3n) is 2.66. The second kappa shape index (κ2) is 5.84.